The monoisotopic (exact) mass is 2410 g/mol. The van der Waals surface area contributed by atoms with Crippen molar-refractivity contribution < 1.29 is 89.0 Å². The summed E-state index contributed by atoms with van der Waals surface area (Å²) in [5, 5.41) is 13.7. The van der Waals surface area contributed by atoms with Gasteiger partial charge in [-0.1, -0.05) is 196 Å². The van der Waals surface area contributed by atoms with Crippen molar-refractivity contribution in [3.8, 4) is 0 Å². The summed E-state index contributed by atoms with van der Waals surface area (Å²) >= 11 is 27.6. The van der Waals surface area contributed by atoms with E-state index in [4.69, 9.17) is 69.5 Å². The Morgan fingerprint density at radius 1 is 0.399 bits per heavy atom. The van der Waals surface area contributed by atoms with Crippen LogP contribution in [-0.4, -0.2) is 200 Å². The summed E-state index contributed by atoms with van der Waals surface area (Å²) in [7, 11) is -5.72. The SMILES string of the molecule is C.CC(C)(C)[Si](C)(C)O[C@H]1CCC2=CC(=O)CC[C@@]21C.CC1(CCBr)OCCO1.CC1(CCC2=C3CC[C@H](O[Si](C)(C)C(C)(C)C)[C@@]3(C)CCC2=O)OCCO1.CC1(CC[C@]2(O)C(=O)CC[C@]3(C)[C@@H](O[Si](C)(C)C(C)(C)C)CC[C@H]32)OCCO1.CC1=C(CCC2(C)OCCO2)C2=CC[C@H](O[Si](C)(C)C(C)(C)C)[C@@]2(C)CC1.CC1=C(CCC2(C)OCCO2)[C@@H]2CC[C@H](O[Si](C)(C)C(C)(C)C)[C@@]2(C)CC1.S.S=S.S=S=S.S=S=S=S. The number of aliphatic hydroxyl groups is 1. The number of alkyl halides is 1. The molecule has 10 aliphatic carbocycles. The zero-order chi connectivity index (χ0) is 111. The quantitative estimate of drug-likeness (QED) is 0.0541. The van der Waals surface area contributed by atoms with Crippen molar-refractivity contribution >= 4 is 182 Å². The van der Waals surface area contributed by atoms with E-state index in [0.717, 1.165) is 169 Å². The maximum Gasteiger partial charge on any atom is 0.192 e. The van der Waals surface area contributed by atoms with Crippen LogP contribution in [0.25, 0.3) is 0 Å². The largest absolute Gasteiger partial charge is 0.413 e. The summed E-state index contributed by atoms with van der Waals surface area (Å²) in [4.78, 5) is 37.3. The lowest BCUT2D eigenvalue weighted by Gasteiger charge is -2.51. The smallest absolute Gasteiger partial charge is 0.192 e. The number of allylic oxidation sites excluding steroid dienone is 6. The molecule has 35 heteroatoms. The molecule has 1 N–H and O–H groups in total. The highest BCUT2D eigenvalue weighted by atomic mass is 79.9. The normalized spacial score (nSPS) is 30.9. The number of fused-ring (bicyclic) bond motifs is 5. The highest BCUT2D eigenvalue weighted by molar-refractivity contribution is 9.09. The van der Waals surface area contributed by atoms with Gasteiger partial charge in [-0.15, -0.1) is 0 Å². The van der Waals surface area contributed by atoms with Crippen LogP contribution in [-0.2, 0) is 178 Å². The van der Waals surface area contributed by atoms with Gasteiger partial charge in [-0.3, -0.25) is 14.4 Å². The van der Waals surface area contributed by atoms with Crippen LogP contribution in [0.4, 0.5) is 0 Å². The molecule has 5 saturated heterocycles. The lowest BCUT2D eigenvalue weighted by Crippen LogP contribution is -2.58. The van der Waals surface area contributed by atoms with Gasteiger partial charge in [0.1, 0.15) is 5.60 Å². The van der Waals surface area contributed by atoms with Crippen LogP contribution in [0, 0.1) is 38.9 Å². The minimum atomic E-state index is -1.91. The maximum atomic E-state index is 12.9. The van der Waals surface area contributed by atoms with Gasteiger partial charge in [0, 0.05) is 173 Å². The van der Waals surface area contributed by atoms with Crippen molar-refractivity contribution in [2.24, 2.45) is 38.9 Å². The van der Waals surface area contributed by atoms with Crippen molar-refractivity contribution in [1.29, 1.82) is 0 Å². The van der Waals surface area contributed by atoms with E-state index in [1.807, 2.05) is 26.8 Å². The van der Waals surface area contributed by atoms with E-state index < -0.39 is 64.5 Å². The number of ketones is 3. The van der Waals surface area contributed by atoms with Gasteiger partial charge in [0.15, 0.2) is 87.9 Å². The molecule has 13 atom stereocenters. The minimum Gasteiger partial charge on any atom is -0.413 e. The fraction of sp³-hybridized carbons (Fsp3) is 0.885. The van der Waals surface area contributed by atoms with Crippen LogP contribution in [0.1, 0.15) is 374 Å². The zero-order valence-electron chi connectivity index (χ0n) is 98.1. The molecule has 15 rings (SSSR count). The van der Waals surface area contributed by atoms with Gasteiger partial charge in [-0.25, -0.2) is 0 Å². The predicted molar refractivity (Wildman–Crippen MR) is 654 cm³/mol. The summed E-state index contributed by atoms with van der Waals surface area (Å²) in [5.41, 5.74) is 10.8. The molecule has 0 amide bonds. The first-order chi connectivity index (χ1) is 67.0. The third-order valence-corrected chi connectivity index (χ3v) is 64.0. The molecule has 148 heavy (non-hydrogen) atoms. The first-order valence-electron chi connectivity index (χ1n) is 54.9. The molecule has 15 aliphatic rings. The van der Waals surface area contributed by atoms with Crippen molar-refractivity contribution in [3.63, 3.8) is 0 Å². The van der Waals surface area contributed by atoms with Crippen LogP contribution < -0.4 is 0 Å². The van der Waals surface area contributed by atoms with E-state index >= 15 is 0 Å². The minimum absolute atomic E-state index is 0. The zero-order valence-corrected chi connectivity index (χ0v) is 113. The summed E-state index contributed by atoms with van der Waals surface area (Å²) in [6.45, 7) is 91.5. The number of carbonyl (C=O) groups is 3. The van der Waals surface area contributed by atoms with Crippen LogP contribution in [0.5, 0.6) is 0 Å². The van der Waals surface area contributed by atoms with Crippen LogP contribution in [0.3, 0.4) is 0 Å². The number of ether oxygens (including phenoxy) is 10. The second kappa shape index (κ2) is 55.5. The maximum absolute atomic E-state index is 12.9. The summed E-state index contributed by atoms with van der Waals surface area (Å²) in [6.07, 6.45) is 32.0. The number of rotatable bonds is 24. The first kappa shape index (κ1) is 139. The van der Waals surface area contributed by atoms with E-state index in [-0.39, 0.29) is 103 Å². The Kier molecular flexibility index (Phi) is 52.3. The van der Waals surface area contributed by atoms with E-state index in [1.165, 1.54) is 67.4 Å². The molecule has 5 heterocycles. The van der Waals surface area contributed by atoms with Gasteiger partial charge in [-0.2, -0.15) is 13.5 Å². The van der Waals surface area contributed by atoms with Crippen molar-refractivity contribution in [2.75, 3.05) is 71.4 Å². The third-order valence-electron chi connectivity index (χ3n) is 38.9. The highest BCUT2D eigenvalue weighted by Crippen LogP contribution is 2.63. The highest BCUT2D eigenvalue weighted by Gasteiger charge is 2.64. The first-order valence-corrected chi connectivity index (χ1v) is 78.5. The van der Waals surface area contributed by atoms with E-state index in [1.54, 1.807) is 27.9 Å². The molecular formula is C113H205BrO19S10Si5. The Labute approximate surface area is 959 Å². The van der Waals surface area contributed by atoms with E-state index in [2.05, 4.69) is 321 Å². The molecule has 0 aromatic rings. The molecule has 0 spiro atoms. The second-order valence-electron chi connectivity index (χ2n) is 54.0. The van der Waals surface area contributed by atoms with Crippen molar-refractivity contribution in [2.45, 2.75) is 530 Å². The summed E-state index contributed by atoms with van der Waals surface area (Å²) in [5.74, 6) is -1.05. The van der Waals surface area contributed by atoms with Gasteiger partial charge in [0.25, 0.3) is 0 Å². The lowest BCUT2D eigenvalue weighted by atomic mass is 9.59. The van der Waals surface area contributed by atoms with Crippen LogP contribution in [0.2, 0.25) is 90.7 Å². The number of carbonyl (C=O) groups excluding carboxylic acids is 3. The van der Waals surface area contributed by atoms with Gasteiger partial charge in [-0.05, 0) is 307 Å². The summed E-state index contributed by atoms with van der Waals surface area (Å²) in [6, 6.07) is 0. The van der Waals surface area contributed by atoms with Crippen molar-refractivity contribution in [3.05, 3.63) is 56.7 Å². The standard InChI is InChI=1S/C23H42O3Si.C23H40O3Si.C22H40O5Si.C22H38O4Si.C16H28O2Si.C6H11BrO2.CH4.S4.S3.S2.H2S/c2*1-17-11-13-22(5)19(18(17)12-14-23(6)24-15-16-25-23)9-10-20(22)26-27(7,8)21(2,3)4;1-19(2,3)28(6,7)27-18-9-8-16-20(18,4)11-10-17(23)22(16,24)13-12-21(5)25-14-15-26-21;1-20(2,3)27(6,7)26-19-9-8-17-16(18(23)11-12-21(17,19)4)10-13-22(5)24-14-15-25-22;1-15(2,3)19(5,6)18-14-8-7-12-11-13(17)9-10-16(12,14)4;1-6(2-3-7)8-4-5-9-6;;1-3-4-2;1-3-2;1-2;/h19-20H,9-16H2,1-8H3;9,20H,10-16H2,1-8H3;16,18,24H,8-15H2,1-7H3;19H,8-15H2,1-7H3;11,14H,7-10H2,1-6H3;2-5H2,1H3;1H4;;;;1H2/t19-,20-,22-;20-,22-;16-,18+,20+,22-;19-,21-;14-,16-;;;;;;/m00100....../s1. The molecule has 19 nitrogen and oxygen atoms in total. The van der Waals surface area contributed by atoms with Gasteiger partial charge >= 0.3 is 0 Å². The Morgan fingerprint density at radius 2 is 0.743 bits per heavy atom. The van der Waals surface area contributed by atoms with E-state index in [0.29, 0.717) is 99.7 Å². The van der Waals surface area contributed by atoms with Crippen LogP contribution >= 0.6 is 29.4 Å². The van der Waals surface area contributed by atoms with Crippen LogP contribution in [0.15, 0.2) is 56.7 Å². The Hall–Kier alpha value is 0.964. The van der Waals surface area contributed by atoms with E-state index in [9.17, 15) is 19.5 Å². The Balaban J connectivity index is 0.000000312. The molecule has 0 unspecified atom stereocenters. The molecule has 5 saturated carbocycles. The fourth-order valence-corrected chi connectivity index (χ4v) is 31.5. The topological polar surface area (TPSA) is 210 Å². The molecule has 0 aromatic heterocycles. The number of hydrogen-bond donors (Lipinski definition) is 1. The number of hydrogen-bond acceptors (Lipinski definition) is 25. The fourth-order valence-electron chi connectivity index (χ4n) is 23.6. The summed E-state index contributed by atoms with van der Waals surface area (Å²) < 4.78 is 91.3. The molecule has 0 bridgehead atoms. The molecule has 5 aliphatic heterocycles. The van der Waals surface area contributed by atoms with Gasteiger partial charge in [0.05, 0.1) is 96.6 Å². The molecule has 10 fully saturated rings. The molecule has 0 aromatic carbocycles. The van der Waals surface area contributed by atoms with Gasteiger partial charge in [0.2, 0.25) is 0 Å². The molecule has 0 radical (unpaired) electrons. The predicted octanol–water partition coefficient (Wildman–Crippen LogP) is 29.4. The van der Waals surface area contributed by atoms with Gasteiger partial charge < -0.3 is 74.6 Å². The molecule has 858 valence electrons. The average Bonchev–Trinajstić information content (AvgIpc) is 1.57. The number of halogens is 1. The average molecular weight is 2410 g/mol. The molecular weight excluding hydrogens is 2200 g/mol. The Bertz CT molecular complexity index is 4620. The Morgan fingerprint density at radius 3 is 1.16 bits per heavy atom. The second-order valence-corrected chi connectivity index (χ2v) is 83.9. The lowest BCUT2D eigenvalue weighted by molar-refractivity contribution is -0.180. The van der Waals surface area contributed by atoms with Crippen molar-refractivity contribution in [1.82, 2.24) is 0 Å². The number of Topliss-reactive ketones (excluding diaryl/α,β-unsaturated/α-hetero) is 2. The third kappa shape index (κ3) is 34.6.